The maximum absolute atomic E-state index is 10.8. The van der Waals surface area contributed by atoms with Crippen molar-refractivity contribution in [3.63, 3.8) is 0 Å². The van der Waals surface area contributed by atoms with Crippen molar-refractivity contribution in [3.8, 4) is 0 Å². The first-order valence-electron chi connectivity index (χ1n) is 6.29. The Morgan fingerprint density at radius 3 is 0.880 bits per heavy atom. The second kappa shape index (κ2) is 8.96. The molecule has 0 unspecified atom stereocenters. The number of esters is 4. The van der Waals surface area contributed by atoms with Crippen molar-refractivity contribution >= 4 is 23.9 Å². The summed E-state index contributed by atoms with van der Waals surface area (Å²) in [5, 5.41) is 0. The number of fused-ring (bicyclic) bond motifs is 2. The third-order valence-corrected chi connectivity index (χ3v) is 3.10. The second-order valence-corrected chi connectivity index (χ2v) is 4.45. The average molecular weight is 377 g/mol. The van der Waals surface area contributed by atoms with Gasteiger partial charge in [0.2, 0.25) is 0 Å². The van der Waals surface area contributed by atoms with Crippen LogP contribution in [0, 0.1) is 14.9 Å². The zero-order valence-corrected chi connectivity index (χ0v) is 14.9. The van der Waals surface area contributed by atoms with Gasteiger partial charge in [-0.1, -0.05) is 24.3 Å². The molecule has 2 heterocycles. The van der Waals surface area contributed by atoms with Gasteiger partial charge >= 0.3 is 42.4 Å². The van der Waals surface area contributed by atoms with Crippen LogP contribution in [0.3, 0.4) is 0 Å². The number of carbonyl (C=O) groups is 4. The van der Waals surface area contributed by atoms with Gasteiger partial charge in [-0.25, -0.2) is 19.2 Å². The Labute approximate surface area is 157 Å². The van der Waals surface area contributed by atoms with E-state index < -0.39 is 23.9 Å². The minimum absolute atomic E-state index is 0. The number of hydrogen-bond donors (Lipinski definition) is 0. The third-order valence-electron chi connectivity index (χ3n) is 3.10. The minimum atomic E-state index is -0.550. The van der Waals surface area contributed by atoms with E-state index in [4.69, 9.17) is 0 Å². The molecule has 0 bridgehead atoms. The van der Waals surface area contributed by atoms with Crippen LogP contribution in [-0.2, 0) is 28.0 Å². The molecule has 4 rings (SSSR count). The molecule has 2 aromatic carbocycles. The van der Waals surface area contributed by atoms with E-state index in [2.05, 4.69) is 9.47 Å². The Morgan fingerprint density at radius 2 is 0.680 bits per heavy atom. The van der Waals surface area contributed by atoms with Gasteiger partial charge in [0.25, 0.3) is 0 Å². The Balaban J connectivity index is 0.000000411. The molecule has 0 amide bonds. The fraction of sp³-hybridized carbons (Fsp3) is 0. The Hall–Kier alpha value is -2.70. The van der Waals surface area contributed by atoms with Gasteiger partial charge in [0.1, 0.15) is 0 Å². The largest absolute Gasteiger partial charge is 2.00 e. The Kier molecular flexibility index (Phi) is 8.00. The van der Waals surface area contributed by atoms with Crippen LogP contribution < -0.4 is 0 Å². The summed E-state index contributed by atoms with van der Waals surface area (Å²) in [6.07, 6.45) is 0. The predicted molar refractivity (Wildman–Crippen MR) is 85.2 cm³/mol. The summed E-state index contributed by atoms with van der Waals surface area (Å²) in [6.45, 7) is 0. The molecule has 7 heteroatoms. The summed E-state index contributed by atoms with van der Waals surface area (Å²) in [5.74, 6) is -2.20. The van der Waals surface area contributed by atoms with E-state index in [9.17, 15) is 19.2 Å². The van der Waals surface area contributed by atoms with E-state index in [1.807, 2.05) is 0 Å². The van der Waals surface area contributed by atoms with E-state index in [1.165, 1.54) is 0 Å². The molecular formula is C18H14O6V. The number of carbonyl (C=O) groups excluding carboxylic acids is 4. The van der Waals surface area contributed by atoms with Crippen molar-refractivity contribution in [3.05, 3.63) is 85.6 Å². The van der Waals surface area contributed by atoms with Gasteiger partial charge in [-0.3, -0.25) is 0 Å². The normalized spacial score (nSPS) is 12.8. The van der Waals surface area contributed by atoms with Crippen LogP contribution in [-0.4, -0.2) is 23.9 Å². The fourth-order valence-electron chi connectivity index (χ4n) is 2.07. The molecular weight excluding hydrogens is 363 g/mol. The summed E-state index contributed by atoms with van der Waals surface area (Å²) >= 11 is 0. The number of hydrogen-bond acceptors (Lipinski definition) is 6. The summed E-state index contributed by atoms with van der Waals surface area (Å²) in [6, 6.07) is 13.1. The minimum Gasteiger partial charge on any atom is -0.386 e. The van der Waals surface area contributed by atoms with Crippen LogP contribution in [0.15, 0.2) is 48.5 Å². The zero-order chi connectivity index (χ0) is 15.7. The molecule has 0 fully saturated rings. The van der Waals surface area contributed by atoms with Gasteiger partial charge in [0, 0.05) is 0 Å². The van der Waals surface area contributed by atoms with Gasteiger partial charge < -0.3 is 24.3 Å². The first kappa shape index (κ1) is 22.3. The molecule has 6 nitrogen and oxygen atoms in total. The molecule has 2 aromatic rings. The third kappa shape index (κ3) is 4.23. The SMILES string of the molecule is O=C1OC(=O)c2ccccc21.O=C1OC(=O)c2ccccc21.[CH3-].[CH3-].[V+2]. The summed E-state index contributed by atoms with van der Waals surface area (Å²) in [5.41, 5.74) is 1.44. The molecule has 25 heavy (non-hydrogen) atoms. The molecule has 0 spiro atoms. The fourth-order valence-corrected chi connectivity index (χ4v) is 2.07. The molecule has 0 aliphatic carbocycles. The van der Waals surface area contributed by atoms with Crippen LogP contribution in [0.25, 0.3) is 0 Å². The molecule has 127 valence electrons. The van der Waals surface area contributed by atoms with E-state index in [0.717, 1.165) is 0 Å². The zero-order valence-electron chi connectivity index (χ0n) is 13.5. The van der Waals surface area contributed by atoms with Gasteiger partial charge in [-0.05, 0) is 24.3 Å². The van der Waals surface area contributed by atoms with Crippen molar-refractivity contribution < 1.29 is 47.2 Å². The van der Waals surface area contributed by atoms with Crippen LogP contribution in [0.4, 0.5) is 0 Å². The van der Waals surface area contributed by atoms with Crippen LogP contribution in [0.1, 0.15) is 41.4 Å². The maximum Gasteiger partial charge on any atom is 2.00 e. The maximum atomic E-state index is 10.8. The molecule has 2 aliphatic rings. The molecule has 0 saturated heterocycles. The van der Waals surface area contributed by atoms with E-state index in [0.29, 0.717) is 22.3 Å². The molecule has 0 saturated carbocycles. The molecule has 0 atom stereocenters. The van der Waals surface area contributed by atoms with Gasteiger partial charge in [0.05, 0.1) is 22.3 Å². The van der Waals surface area contributed by atoms with Gasteiger partial charge in [0.15, 0.2) is 0 Å². The second-order valence-electron chi connectivity index (χ2n) is 4.45. The average Bonchev–Trinajstić information content (AvgIpc) is 2.99. The Morgan fingerprint density at radius 1 is 0.480 bits per heavy atom. The number of ether oxygens (including phenoxy) is 2. The first-order valence-corrected chi connectivity index (χ1v) is 6.29. The molecule has 0 N–H and O–H groups in total. The van der Waals surface area contributed by atoms with Gasteiger partial charge in [-0.2, -0.15) is 0 Å². The molecule has 1 radical (unpaired) electrons. The monoisotopic (exact) mass is 377 g/mol. The van der Waals surface area contributed by atoms with Crippen molar-refractivity contribution in [2.75, 3.05) is 0 Å². The topological polar surface area (TPSA) is 86.7 Å². The number of benzene rings is 2. The van der Waals surface area contributed by atoms with E-state index in [1.54, 1.807) is 48.5 Å². The van der Waals surface area contributed by atoms with Crippen LogP contribution in [0.2, 0.25) is 0 Å². The van der Waals surface area contributed by atoms with Crippen molar-refractivity contribution in [1.29, 1.82) is 0 Å². The summed E-state index contributed by atoms with van der Waals surface area (Å²) in [4.78, 5) is 43.3. The smallest absolute Gasteiger partial charge is 0.386 e. The van der Waals surface area contributed by atoms with Crippen molar-refractivity contribution in [1.82, 2.24) is 0 Å². The number of cyclic esters (lactones) is 4. The molecule has 0 aromatic heterocycles. The van der Waals surface area contributed by atoms with E-state index >= 15 is 0 Å². The standard InChI is InChI=1S/2C8H4O3.2CH3.V/c2*9-7-5-3-1-2-4-6(5)8(10)11-7;;;/h2*1-4H;2*1H3;/q;;2*-1;+2. The summed E-state index contributed by atoms with van der Waals surface area (Å²) < 4.78 is 8.71. The quantitative estimate of drug-likeness (QED) is 0.399. The van der Waals surface area contributed by atoms with E-state index in [-0.39, 0.29) is 33.4 Å². The van der Waals surface area contributed by atoms with Crippen LogP contribution >= 0.6 is 0 Å². The van der Waals surface area contributed by atoms with Gasteiger partial charge in [-0.15, -0.1) is 0 Å². The number of rotatable bonds is 0. The first-order chi connectivity index (χ1) is 10.6. The predicted octanol–water partition coefficient (Wildman–Crippen LogP) is 2.89. The van der Waals surface area contributed by atoms with Crippen molar-refractivity contribution in [2.24, 2.45) is 0 Å². The molecule has 2 aliphatic heterocycles. The van der Waals surface area contributed by atoms with Crippen molar-refractivity contribution in [2.45, 2.75) is 0 Å². The Bertz CT molecular complexity index is 692. The summed E-state index contributed by atoms with van der Waals surface area (Å²) in [7, 11) is 0. The van der Waals surface area contributed by atoms with Crippen LogP contribution in [0.5, 0.6) is 0 Å².